The highest BCUT2D eigenvalue weighted by Gasteiger charge is 2.15. The van der Waals surface area contributed by atoms with Crippen LogP contribution in [0.15, 0.2) is 18.2 Å². The third-order valence-electron chi connectivity index (χ3n) is 2.18. The van der Waals surface area contributed by atoms with Gasteiger partial charge in [-0.1, -0.05) is 0 Å². The molecule has 86 valence electrons. The zero-order valence-corrected chi connectivity index (χ0v) is 9.02. The Labute approximate surface area is 92.7 Å². The molecule has 0 spiro atoms. The first kappa shape index (κ1) is 10.6. The third-order valence-corrected chi connectivity index (χ3v) is 2.18. The Kier molecular flexibility index (Phi) is 2.82. The lowest BCUT2D eigenvalue weighted by Crippen LogP contribution is -2.30. The maximum atomic E-state index is 11.5. The van der Waals surface area contributed by atoms with Crippen molar-refractivity contribution >= 4 is 11.7 Å². The summed E-state index contributed by atoms with van der Waals surface area (Å²) in [5.41, 5.74) is 0.623. The van der Waals surface area contributed by atoms with Crippen LogP contribution >= 0.6 is 0 Å². The van der Waals surface area contributed by atoms with Crippen LogP contribution < -0.4 is 14.8 Å². The van der Waals surface area contributed by atoms with Crippen LogP contribution in [-0.2, 0) is 4.84 Å². The maximum Gasteiger partial charge on any atom is 0.345 e. The Morgan fingerprint density at radius 2 is 2.19 bits per heavy atom. The number of benzene rings is 1. The van der Waals surface area contributed by atoms with Gasteiger partial charge in [0, 0.05) is 18.8 Å². The van der Waals surface area contributed by atoms with Gasteiger partial charge in [0.05, 0.1) is 7.11 Å². The zero-order valence-electron chi connectivity index (χ0n) is 9.02. The fraction of sp³-hybridized carbons (Fsp3) is 0.300. The Morgan fingerprint density at radius 1 is 1.44 bits per heavy atom. The highest BCUT2D eigenvalue weighted by Crippen LogP contribution is 2.34. The standard InChI is InChI=1S/C10H12N2O4/c1-12(14-2)10(13)11-7-3-4-8-9(5-7)16-6-15-8/h3-5H,6H2,1-2H3,(H,11,13). The minimum absolute atomic E-state index is 0.213. The van der Waals surface area contributed by atoms with Gasteiger partial charge in [-0.3, -0.25) is 4.84 Å². The molecular formula is C10H12N2O4. The molecule has 0 saturated carbocycles. The van der Waals surface area contributed by atoms with Crippen LogP contribution in [0.5, 0.6) is 11.5 Å². The van der Waals surface area contributed by atoms with Gasteiger partial charge in [0.25, 0.3) is 0 Å². The number of rotatable bonds is 2. The van der Waals surface area contributed by atoms with E-state index in [1.54, 1.807) is 18.2 Å². The summed E-state index contributed by atoms with van der Waals surface area (Å²) in [6, 6.07) is 4.81. The van der Waals surface area contributed by atoms with Crippen molar-refractivity contribution in [1.29, 1.82) is 0 Å². The molecule has 0 aromatic heterocycles. The van der Waals surface area contributed by atoms with Crippen LogP contribution in [0, 0.1) is 0 Å². The lowest BCUT2D eigenvalue weighted by molar-refractivity contribution is -0.0598. The van der Waals surface area contributed by atoms with E-state index in [1.807, 2.05) is 0 Å². The molecule has 0 saturated heterocycles. The van der Waals surface area contributed by atoms with E-state index >= 15 is 0 Å². The van der Waals surface area contributed by atoms with Gasteiger partial charge in [0.15, 0.2) is 11.5 Å². The smallest absolute Gasteiger partial charge is 0.345 e. The largest absolute Gasteiger partial charge is 0.454 e. The van der Waals surface area contributed by atoms with Gasteiger partial charge in [-0.05, 0) is 12.1 Å². The second-order valence-corrected chi connectivity index (χ2v) is 3.18. The first-order chi connectivity index (χ1) is 7.70. The molecule has 2 rings (SSSR count). The van der Waals surface area contributed by atoms with Crippen LogP contribution in [0.2, 0.25) is 0 Å². The lowest BCUT2D eigenvalue weighted by atomic mass is 10.3. The summed E-state index contributed by atoms with van der Waals surface area (Å²) < 4.78 is 10.3. The number of hydroxylamine groups is 2. The molecule has 2 amide bonds. The molecule has 0 unspecified atom stereocenters. The lowest BCUT2D eigenvalue weighted by Gasteiger charge is -2.14. The predicted octanol–water partition coefficient (Wildman–Crippen LogP) is 1.44. The van der Waals surface area contributed by atoms with Crippen LogP contribution in [0.3, 0.4) is 0 Å². The number of hydrogen-bond acceptors (Lipinski definition) is 4. The predicted molar refractivity (Wildman–Crippen MR) is 56.4 cm³/mol. The van der Waals surface area contributed by atoms with Crippen LogP contribution in [0.1, 0.15) is 0 Å². The summed E-state index contributed by atoms with van der Waals surface area (Å²) in [5.74, 6) is 1.30. The molecule has 1 aromatic rings. The van der Waals surface area contributed by atoms with Crippen molar-refractivity contribution in [3.63, 3.8) is 0 Å². The number of amides is 2. The van der Waals surface area contributed by atoms with E-state index in [-0.39, 0.29) is 12.8 Å². The topological polar surface area (TPSA) is 60.0 Å². The van der Waals surface area contributed by atoms with E-state index in [0.29, 0.717) is 17.2 Å². The second-order valence-electron chi connectivity index (χ2n) is 3.18. The van der Waals surface area contributed by atoms with E-state index in [4.69, 9.17) is 14.3 Å². The van der Waals surface area contributed by atoms with Gasteiger partial charge >= 0.3 is 6.03 Å². The fourth-order valence-electron chi connectivity index (χ4n) is 1.26. The molecule has 6 nitrogen and oxygen atoms in total. The minimum atomic E-state index is -0.360. The highest BCUT2D eigenvalue weighted by atomic mass is 16.7. The highest BCUT2D eigenvalue weighted by molar-refractivity contribution is 5.88. The Balaban J connectivity index is 2.08. The molecule has 0 bridgehead atoms. The van der Waals surface area contributed by atoms with Crippen molar-refractivity contribution in [2.24, 2.45) is 0 Å². The second kappa shape index (κ2) is 4.28. The number of nitrogens with one attached hydrogen (secondary N) is 1. The van der Waals surface area contributed by atoms with Crippen LogP contribution in [0.25, 0.3) is 0 Å². The average Bonchev–Trinajstić information content (AvgIpc) is 2.75. The average molecular weight is 224 g/mol. The zero-order chi connectivity index (χ0) is 11.5. The van der Waals surface area contributed by atoms with E-state index in [0.717, 1.165) is 5.06 Å². The molecule has 16 heavy (non-hydrogen) atoms. The molecule has 1 aliphatic rings. The van der Waals surface area contributed by atoms with Crippen molar-refractivity contribution in [2.45, 2.75) is 0 Å². The number of ether oxygens (including phenoxy) is 2. The van der Waals surface area contributed by atoms with Crippen molar-refractivity contribution in [2.75, 3.05) is 26.3 Å². The number of urea groups is 1. The van der Waals surface area contributed by atoms with Gasteiger partial charge in [0.2, 0.25) is 6.79 Å². The third kappa shape index (κ3) is 2.01. The summed E-state index contributed by atoms with van der Waals surface area (Å²) in [6.45, 7) is 0.213. The quantitative estimate of drug-likeness (QED) is 0.772. The molecule has 0 aliphatic carbocycles. The maximum absolute atomic E-state index is 11.5. The van der Waals surface area contributed by atoms with E-state index < -0.39 is 0 Å². The van der Waals surface area contributed by atoms with Crippen molar-refractivity contribution in [3.05, 3.63) is 18.2 Å². The van der Waals surface area contributed by atoms with Crippen molar-refractivity contribution in [3.8, 4) is 11.5 Å². The molecule has 0 fully saturated rings. The number of hydrogen-bond donors (Lipinski definition) is 1. The van der Waals surface area contributed by atoms with Gasteiger partial charge < -0.3 is 14.8 Å². The fourth-order valence-corrected chi connectivity index (χ4v) is 1.26. The first-order valence-electron chi connectivity index (χ1n) is 4.69. The van der Waals surface area contributed by atoms with Gasteiger partial charge in [-0.15, -0.1) is 0 Å². The molecule has 0 atom stereocenters. The SMILES string of the molecule is CON(C)C(=O)Nc1ccc2c(c1)OCO2. The Hall–Kier alpha value is -1.95. The summed E-state index contributed by atoms with van der Waals surface area (Å²) in [7, 11) is 2.93. The van der Waals surface area contributed by atoms with Crippen LogP contribution in [0.4, 0.5) is 10.5 Å². The minimum Gasteiger partial charge on any atom is -0.454 e. The normalized spacial score (nSPS) is 12.4. The monoisotopic (exact) mass is 224 g/mol. The summed E-state index contributed by atoms with van der Waals surface area (Å²) in [4.78, 5) is 16.2. The molecule has 6 heteroatoms. The van der Waals surface area contributed by atoms with Crippen molar-refractivity contribution in [1.82, 2.24) is 5.06 Å². The summed E-state index contributed by atoms with van der Waals surface area (Å²) in [5, 5.41) is 3.74. The summed E-state index contributed by atoms with van der Waals surface area (Å²) in [6.07, 6.45) is 0. The van der Waals surface area contributed by atoms with E-state index in [9.17, 15) is 4.79 Å². The van der Waals surface area contributed by atoms with Gasteiger partial charge in [-0.2, -0.15) is 0 Å². The van der Waals surface area contributed by atoms with Crippen LogP contribution in [-0.4, -0.2) is 32.0 Å². The summed E-state index contributed by atoms with van der Waals surface area (Å²) >= 11 is 0. The first-order valence-corrected chi connectivity index (χ1v) is 4.69. The number of carbonyl (C=O) groups is 1. The number of carbonyl (C=O) groups excluding carboxylic acids is 1. The molecule has 1 heterocycles. The molecular weight excluding hydrogens is 212 g/mol. The number of fused-ring (bicyclic) bond motifs is 1. The van der Waals surface area contributed by atoms with E-state index in [2.05, 4.69) is 5.32 Å². The number of nitrogens with zero attached hydrogens (tertiary/aromatic N) is 1. The van der Waals surface area contributed by atoms with Gasteiger partial charge in [0.1, 0.15) is 0 Å². The van der Waals surface area contributed by atoms with E-state index in [1.165, 1.54) is 14.2 Å². The Morgan fingerprint density at radius 3 is 2.94 bits per heavy atom. The van der Waals surface area contributed by atoms with Gasteiger partial charge in [-0.25, -0.2) is 9.86 Å². The molecule has 1 aliphatic heterocycles. The molecule has 0 radical (unpaired) electrons. The molecule has 1 aromatic carbocycles. The number of anilines is 1. The van der Waals surface area contributed by atoms with Crippen molar-refractivity contribution < 1.29 is 19.1 Å². The molecule has 1 N–H and O–H groups in total. The Bertz CT molecular complexity index is 408.